The lowest BCUT2D eigenvalue weighted by Gasteiger charge is -2.27. The molecule has 1 aromatic heterocycles. The van der Waals surface area contributed by atoms with E-state index in [4.69, 9.17) is 4.74 Å². The van der Waals surface area contributed by atoms with Crippen molar-refractivity contribution in [2.75, 3.05) is 50.8 Å². The van der Waals surface area contributed by atoms with Gasteiger partial charge in [0.2, 0.25) is 0 Å². The molecule has 1 saturated carbocycles. The molecule has 4 heterocycles. The average molecular weight is 389 g/mol. The lowest BCUT2D eigenvalue weighted by atomic mass is 9.98. The number of hydrogen-bond donors (Lipinski definition) is 0. The van der Waals surface area contributed by atoms with Crippen LogP contribution in [0.15, 0.2) is 12.1 Å². The molecule has 5 nitrogen and oxygen atoms in total. The van der Waals surface area contributed by atoms with Gasteiger partial charge in [0.05, 0.1) is 12.2 Å². The maximum absolute atomic E-state index is 13.4. The number of aromatic nitrogens is 2. The second-order valence-electron chi connectivity index (χ2n) is 9.55. The molecule has 0 N–H and O–H groups in total. The fourth-order valence-electron chi connectivity index (χ4n) is 5.98. The molecule has 0 spiro atoms. The van der Waals surface area contributed by atoms with Crippen molar-refractivity contribution in [1.29, 1.82) is 0 Å². The van der Waals surface area contributed by atoms with Crippen molar-refractivity contribution in [3.05, 3.63) is 17.8 Å². The molecule has 154 valence electrons. The molecule has 3 aliphatic heterocycles. The molecule has 0 amide bonds. The zero-order valence-electron chi connectivity index (χ0n) is 16.8. The van der Waals surface area contributed by atoms with Crippen LogP contribution in [0.25, 0.3) is 0 Å². The molecule has 0 aromatic carbocycles. The minimum atomic E-state index is -0.717. The Morgan fingerprint density at radius 2 is 1.75 bits per heavy atom. The van der Waals surface area contributed by atoms with Crippen molar-refractivity contribution in [3.8, 4) is 0 Å². The van der Waals surface area contributed by atoms with E-state index in [2.05, 4.69) is 21.2 Å². The maximum atomic E-state index is 13.4. The van der Waals surface area contributed by atoms with Gasteiger partial charge < -0.3 is 14.5 Å². The van der Waals surface area contributed by atoms with Gasteiger partial charge in [-0.3, -0.25) is 0 Å². The molecule has 1 unspecified atom stereocenters. The minimum absolute atomic E-state index is 0.463. The normalized spacial score (nSPS) is 34.2. The van der Waals surface area contributed by atoms with Crippen LogP contribution >= 0.6 is 0 Å². The fraction of sp³-hybridized carbons (Fsp3) is 0.818. The van der Waals surface area contributed by atoms with Crippen molar-refractivity contribution in [2.24, 2.45) is 23.7 Å². The zero-order chi connectivity index (χ0) is 18.9. The van der Waals surface area contributed by atoms with Gasteiger partial charge in [-0.05, 0) is 74.3 Å². The van der Waals surface area contributed by atoms with Gasteiger partial charge in [-0.15, -0.1) is 5.10 Å². The Balaban J connectivity index is 1.09. The summed E-state index contributed by atoms with van der Waals surface area (Å²) in [7, 11) is 0. The monoisotopic (exact) mass is 388 g/mol. The molecule has 4 fully saturated rings. The van der Waals surface area contributed by atoms with Crippen LogP contribution in [-0.2, 0) is 11.2 Å². The highest BCUT2D eigenvalue weighted by Crippen LogP contribution is 2.43. The number of anilines is 1. The van der Waals surface area contributed by atoms with Crippen LogP contribution in [0.3, 0.4) is 0 Å². The van der Waals surface area contributed by atoms with Crippen LogP contribution < -0.4 is 4.90 Å². The molecule has 0 radical (unpaired) electrons. The van der Waals surface area contributed by atoms with Crippen LogP contribution in [0, 0.1) is 23.7 Å². The summed E-state index contributed by atoms with van der Waals surface area (Å²) in [4.78, 5) is 4.73. The number of ether oxygens (including phenoxy) is 1. The predicted molar refractivity (Wildman–Crippen MR) is 107 cm³/mol. The number of rotatable bonds is 5. The third kappa shape index (κ3) is 4.18. The predicted octanol–water partition coefficient (Wildman–Crippen LogP) is 2.95. The maximum Gasteiger partial charge on any atom is 0.151 e. The fourth-order valence-corrected chi connectivity index (χ4v) is 5.98. The summed E-state index contributed by atoms with van der Waals surface area (Å²) in [5.41, 5.74) is 1.10. The molecule has 1 aliphatic carbocycles. The van der Waals surface area contributed by atoms with Crippen molar-refractivity contribution >= 4 is 5.82 Å². The van der Waals surface area contributed by atoms with E-state index in [9.17, 15) is 4.39 Å². The van der Waals surface area contributed by atoms with Gasteiger partial charge in [-0.2, -0.15) is 5.10 Å². The highest BCUT2D eigenvalue weighted by atomic mass is 19.1. The van der Waals surface area contributed by atoms with Gasteiger partial charge in [0.25, 0.3) is 0 Å². The number of hydrogen-bond acceptors (Lipinski definition) is 5. The molecule has 6 heteroatoms. The second-order valence-corrected chi connectivity index (χ2v) is 9.55. The Morgan fingerprint density at radius 3 is 2.39 bits per heavy atom. The first-order chi connectivity index (χ1) is 13.7. The van der Waals surface area contributed by atoms with E-state index in [1.54, 1.807) is 0 Å². The summed E-state index contributed by atoms with van der Waals surface area (Å²) < 4.78 is 18.9. The SMILES string of the molecule is F[C@@H]1CCN(c2ccc(CC3C[C@@H]4CN(CC5CCOCC5)C[C@@H]4C3)nn2)C1. The van der Waals surface area contributed by atoms with Crippen molar-refractivity contribution in [2.45, 2.75) is 44.7 Å². The highest BCUT2D eigenvalue weighted by Gasteiger charge is 2.41. The minimum Gasteiger partial charge on any atom is -0.381 e. The smallest absolute Gasteiger partial charge is 0.151 e. The van der Waals surface area contributed by atoms with Gasteiger partial charge >= 0.3 is 0 Å². The highest BCUT2D eigenvalue weighted by molar-refractivity contribution is 5.38. The molecule has 3 saturated heterocycles. The summed E-state index contributed by atoms with van der Waals surface area (Å²) in [6.45, 7) is 7.00. The van der Waals surface area contributed by atoms with Gasteiger partial charge in [0.15, 0.2) is 5.82 Å². The van der Waals surface area contributed by atoms with Crippen LogP contribution in [0.1, 0.15) is 37.8 Å². The van der Waals surface area contributed by atoms with Crippen molar-refractivity contribution in [1.82, 2.24) is 15.1 Å². The van der Waals surface area contributed by atoms with E-state index in [0.717, 1.165) is 61.4 Å². The van der Waals surface area contributed by atoms with Crippen LogP contribution in [-0.4, -0.2) is 67.2 Å². The molecular weight excluding hydrogens is 355 g/mol. The summed E-state index contributed by atoms with van der Waals surface area (Å²) in [5.74, 6) is 4.19. The van der Waals surface area contributed by atoms with Gasteiger partial charge in [0.1, 0.15) is 6.17 Å². The summed E-state index contributed by atoms with van der Waals surface area (Å²) in [6.07, 6.45) is 6.11. The molecular formula is C22H33FN4O. The summed E-state index contributed by atoms with van der Waals surface area (Å²) in [6, 6.07) is 4.14. The third-order valence-corrected chi connectivity index (χ3v) is 7.44. The first kappa shape index (κ1) is 18.7. The number of halogens is 1. The topological polar surface area (TPSA) is 41.5 Å². The number of nitrogens with zero attached hydrogens (tertiary/aromatic N) is 4. The second kappa shape index (κ2) is 8.23. The molecule has 4 aliphatic rings. The third-order valence-electron chi connectivity index (χ3n) is 7.44. The standard InChI is InChI=1S/C22H33FN4O/c23-20-3-6-27(15-20)22-2-1-21(24-25-22)11-17-9-18-13-26(14-19(18)10-17)12-16-4-7-28-8-5-16/h1-2,16-20H,3-15H2/t17?,18-,19+,20-/m1/s1. The average Bonchev–Trinajstić information content (AvgIpc) is 3.38. The van der Waals surface area contributed by atoms with E-state index in [1.165, 1.54) is 45.3 Å². The molecule has 0 bridgehead atoms. The molecule has 4 atom stereocenters. The zero-order valence-corrected chi connectivity index (χ0v) is 16.8. The Bertz CT molecular complexity index is 636. The first-order valence-electron chi connectivity index (χ1n) is 11.2. The van der Waals surface area contributed by atoms with Gasteiger partial charge in [-0.1, -0.05) is 0 Å². The van der Waals surface area contributed by atoms with Crippen LogP contribution in [0.2, 0.25) is 0 Å². The molecule has 5 rings (SSSR count). The van der Waals surface area contributed by atoms with Crippen LogP contribution in [0.5, 0.6) is 0 Å². The van der Waals surface area contributed by atoms with E-state index >= 15 is 0 Å². The number of fused-ring (bicyclic) bond motifs is 1. The molecule has 28 heavy (non-hydrogen) atoms. The summed E-state index contributed by atoms with van der Waals surface area (Å²) in [5, 5.41) is 8.84. The van der Waals surface area contributed by atoms with E-state index < -0.39 is 6.17 Å². The van der Waals surface area contributed by atoms with E-state index in [1.807, 2.05) is 11.0 Å². The number of alkyl halides is 1. The quantitative estimate of drug-likeness (QED) is 0.776. The largest absolute Gasteiger partial charge is 0.381 e. The number of likely N-dealkylation sites (tertiary alicyclic amines) is 1. The van der Waals surface area contributed by atoms with Crippen molar-refractivity contribution < 1.29 is 9.13 Å². The molecule has 1 aromatic rings. The van der Waals surface area contributed by atoms with Gasteiger partial charge in [-0.25, -0.2) is 4.39 Å². The summed E-state index contributed by atoms with van der Waals surface area (Å²) >= 11 is 0. The lowest BCUT2D eigenvalue weighted by Crippen LogP contribution is -2.31. The Morgan fingerprint density at radius 1 is 0.964 bits per heavy atom. The van der Waals surface area contributed by atoms with E-state index in [-0.39, 0.29) is 0 Å². The van der Waals surface area contributed by atoms with Crippen LogP contribution in [0.4, 0.5) is 10.2 Å². The van der Waals surface area contributed by atoms with Crippen molar-refractivity contribution in [3.63, 3.8) is 0 Å². The Hall–Kier alpha value is -1.27. The van der Waals surface area contributed by atoms with E-state index in [0.29, 0.717) is 13.0 Å². The lowest BCUT2D eigenvalue weighted by molar-refractivity contribution is 0.0544. The Labute approximate surface area is 167 Å². The first-order valence-corrected chi connectivity index (χ1v) is 11.2. The van der Waals surface area contributed by atoms with Gasteiger partial charge in [0, 0.05) is 39.4 Å². The Kier molecular flexibility index (Phi) is 5.51.